The van der Waals surface area contributed by atoms with Gasteiger partial charge in [0, 0.05) is 32.7 Å². The van der Waals surface area contributed by atoms with Crippen LogP contribution < -0.4 is 15.2 Å². The van der Waals surface area contributed by atoms with Gasteiger partial charge in [0.2, 0.25) is 16.3 Å². The number of piperazine rings is 1. The van der Waals surface area contributed by atoms with Gasteiger partial charge in [0.05, 0.1) is 0 Å². The molecule has 1 aromatic carbocycles. The molecule has 1 saturated heterocycles. The third-order valence-electron chi connectivity index (χ3n) is 4.16. The van der Waals surface area contributed by atoms with E-state index in [1.54, 1.807) is 0 Å². The van der Waals surface area contributed by atoms with E-state index in [2.05, 4.69) is 15.1 Å². The quantitative estimate of drug-likeness (QED) is 0.805. The van der Waals surface area contributed by atoms with Gasteiger partial charge in [0.15, 0.2) is 11.5 Å². The summed E-state index contributed by atoms with van der Waals surface area (Å²) in [6.45, 7) is 3.09. The number of hydrogen-bond acceptors (Lipinski definition) is 9. The van der Waals surface area contributed by atoms with Gasteiger partial charge < -0.3 is 15.2 Å². The number of ether oxygens (including phenoxy) is 2. The van der Waals surface area contributed by atoms with Gasteiger partial charge in [-0.3, -0.25) is 4.90 Å². The fraction of sp³-hybridized carbons (Fsp3) is 0.429. The molecule has 4 rings (SSSR count). The zero-order valence-corrected chi connectivity index (χ0v) is 14.9. The van der Waals surface area contributed by atoms with E-state index < -0.39 is 10.0 Å². The maximum atomic E-state index is 12.5. The van der Waals surface area contributed by atoms with Crippen molar-refractivity contribution in [3.8, 4) is 11.5 Å². The van der Waals surface area contributed by atoms with Crippen molar-refractivity contribution in [3.63, 3.8) is 0 Å². The summed E-state index contributed by atoms with van der Waals surface area (Å²) in [5.41, 5.74) is 6.59. The number of rotatable bonds is 4. The summed E-state index contributed by atoms with van der Waals surface area (Å²) in [5.74, 6) is 1.52. The number of anilines is 1. The lowest BCUT2D eigenvalue weighted by molar-refractivity contribution is 0.173. The van der Waals surface area contributed by atoms with Crippen LogP contribution in [-0.2, 0) is 16.6 Å². The predicted molar refractivity (Wildman–Crippen MR) is 90.9 cm³/mol. The molecule has 134 valence electrons. The Morgan fingerprint density at radius 1 is 1.12 bits per heavy atom. The molecule has 25 heavy (non-hydrogen) atoms. The van der Waals surface area contributed by atoms with Gasteiger partial charge in [0.25, 0.3) is 10.0 Å². The minimum absolute atomic E-state index is 0.0470. The van der Waals surface area contributed by atoms with Crippen LogP contribution in [0, 0.1) is 0 Å². The van der Waals surface area contributed by atoms with Crippen molar-refractivity contribution in [1.29, 1.82) is 0 Å². The highest BCUT2D eigenvalue weighted by molar-refractivity contribution is 7.91. The molecule has 2 N–H and O–H groups in total. The van der Waals surface area contributed by atoms with Crippen LogP contribution in [0.5, 0.6) is 11.5 Å². The number of fused-ring (bicyclic) bond motifs is 1. The lowest BCUT2D eigenvalue weighted by Crippen LogP contribution is -2.48. The molecule has 0 bridgehead atoms. The van der Waals surface area contributed by atoms with Gasteiger partial charge in [-0.25, -0.2) is 8.42 Å². The van der Waals surface area contributed by atoms with E-state index in [0.717, 1.165) is 34.9 Å². The number of benzene rings is 1. The molecule has 11 heteroatoms. The Hall–Kier alpha value is -1.95. The summed E-state index contributed by atoms with van der Waals surface area (Å²) in [6, 6.07) is 5.87. The Kier molecular flexibility index (Phi) is 4.23. The Labute approximate surface area is 149 Å². The molecule has 0 amide bonds. The van der Waals surface area contributed by atoms with Gasteiger partial charge in [-0.15, -0.1) is 10.2 Å². The molecule has 0 atom stereocenters. The number of nitrogens with zero attached hydrogens (tertiary/aromatic N) is 4. The SMILES string of the molecule is Nc1nnc(S(=O)(=O)N2CCN(Cc3ccc4c(c3)OCO4)CC2)s1. The number of hydrogen-bond donors (Lipinski definition) is 1. The molecule has 0 spiro atoms. The molecule has 0 radical (unpaired) electrons. The third-order valence-corrected chi connectivity index (χ3v) is 7.15. The van der Waals surface area contributed by atoms with E-state index in [9.17, 15) is 8.42 Å². The monoisotopic (exact) mass is 383 g/mol. The van der Waals surface area contributed by atoms with Crippen LogP contribution in [0.25, 0.3) is 0 Å². The van der Waals surface area contributed by atoms with Gasteiger partial charge in [-0.2, -0.15) is 4.31 Å². The molecule has 2 aliphatic heterocycles. The lowest BCUT2D eigenvalue weighted by Gasteiger charge is -2.33. The third kappa shape index (κ3) is 3.27. The molecule has 9 nitrogen and oxygen atoms in total. The molecular weight excluding hydrogens is 366 g/mol. The zero-order valence-electron chi connectivity index (χ0n) is 13.3. The highest BCUT2D eigenvalue weighted by Crippen LogP contribution is 2.33. The van der Waals surface area contributed by atoms with Crippen LogP contribution in [0.3, 0.4) is 0 Å². The van der Waals surface area contributed by atoms with Gasteiger partial charge >= 0.3 is 0 Å². The van der Waals surface area contributed by atoms with Crippen molar-refractivity contribution in [2.45, 2.75) is 10.9 Å². The van der Waals surface area contributed by atoms with Crippen LogP contribution in [0.4, 0.5) is 5.13 Å². The highest BCUT2D eigenvalue weighted by atomic mass is 32.2. The maximum absolute atomic E-state index is 12.5. The Balaban J connectivity index is 1.38. The van der Waals surface area contributed by atoms with E-state index in [4.69, 9.17) is 15.2 Å². The number of nitrogen functional groups attached to an aromatic ring is 1. The second-order valence-electron chi connectivity index (χ2n) is 5.77. The van der Waals surface area contributed by atoms with Gasteiger partial charge in [0.1, 0.15) is 0 Å². The summed E-state index contributed by atoms with van der Waals surface area (Å²) in [7, 11) is -3.61. The summed E-state index contributed by atoms with van der Waals surface area (Å²) >= 11 is 0.890. The Bertz CT molecular complexity index is 877. The molecule has 0 unspecified atom stereocenters. The normalized spacial score (nSPS) is 18.6. The average Bonchev–Trinajstić information content (AvgIpc) is 3.24. The predicted octanol–water partition coefficient (Wildman–Crippen LogP) is 0.355. The van der Waals surface area contributed by atoms with Crippen LogP contribution >= 0.6 is 11.3 Å². The number of sulfonamides is 1. The number of nitrogens with two attached hydrogens (primary N) is 1. The second-order valence-corrected chi connectivity index (χ2v) is 8.89. The van der Waals surface area contributed by atoms with Crippen LogP contribution in [0.15, 0.2) is 22.5 Å². The van der Waals surface area contributed by atoms with E-state index in [1.807, 2.05) is 18.2 Å². The first-order valence-corrected chi connectivity index (χ1v) is 9.98. The fourth-order valence-corrected chi connectivity index (χ4v) is 5.21. The smallest absolute Gasteiger partial charge is 0.272 e. The largest absolute Gasteiger partial charge is 0.454 e. The van der Waals surface area contributed by atoms with E-state index in [-0.39, 0.29) is 16.3 Å². The summed E-state index contributed by atoms with van der Waals surface area (Å²) < 4.78 is 37.1. The summed E-state index contributed by atoms with van der Waals surface area (Å²) in [4.78, 5) is 2.21. The Morgan fingerprint density at radius 3 is 2.60 bits per heavy atom. The van der Waals surface area contributed by atoms with E-state index in [1.165, 1.54) is 4.31 Å². The standard InChI is InChI=1S/C14H17N5O4S2/c15-13-16-17-14(24-13)25(20,21)19-5-3-18(4-6-19)8-10-1-2-11-12(7-10)23-9-22-11/h1-2,7H,3-6,8-9H2,(H2,15,16). The first-order chi connectivity index (χ1) is 12.0. The van der Waals surface area contributed by atoms with Crippen LogP contribution in [0.2, 0.25) is 0 Å². The van der Waals surface area contributed by atoms with Crippen LogP contribution in [-0.4, -0.2) is 60.8 Å². The topological polar surface area (TPSA) is 111 Å². The summed E-state index contributed by atoms with van der Waals surface area (Å²) in [6.07, 6.45) is 0. The first-order valence-electron chi connectivity index (χ1n) is 7.72. The van der Waals surface area contributed by atoms with Crippen molar-refractivity contribution in [2.75, 3.05) is 38.7 Å². The molecule has 2 aromatic rings. The summed E-state index contributed by atoms with van der Waals surface area (Å²) in [5, 5.41) is 7.40. The van der Waals surface area contributed by atoms with Crippen molar-refractivity contribution in [2.24, 2.45) is 0 Å². The molecule has 0 aliphatic carbocycles. The average molecular weight is 383 g/mol. The van der Waals surface area contributed by atoms with Gasteiger partial charge in [-0.05, 0) is 17.7 Å². The van der Waals surface area contributed by atoms with Gasteiger partial charge in [-0.1, -0.05) is 17.4 Å². The molecule has 2 aliphatic rings. The molecule has 3 heterocycles. The van der Waals surface area contributed by atoms with Crippen molar-refractivity contribution in [1.82, 2.24) is 19.4 Å². The second kappa shape index (κ2) is 6.41. The van der Waals surface area contributed by atoms with Crippen molar-refractivity contribution in [3.05, 3.63) is 23.8 Å². The molecule has 1 aromatic heterocycles. The van der Waals surface area contributed by atoms with Crippen molar-refractivity contribution < 1.29 is 17.9 Å². The zero-order chi connectivity index (χ0) is 17.4. The molecule has 1 fully saturated rings. The lowest BCUT2D eigenvalue weighted by atomic mass is 10.2. The molecule has 0 saturated carbocycles. The highest BCUT2D eigenvalue weighted by Gasteiger charge is 2.31. The maximum Gasteiger partial charge on any atom is 0.272 e. The first kappa shape index (κ1) is 16.5. The van der Waals surface area contributed by atoms with Crippen molar-refractivity contribution >= 4 is 26.5 Å². The minimum atomic E-state index is -3.61. The minimum Gasteiger partial charge on any atom is -0.454 e. The van der Waals surface area contributed by atoms with E-state index in [0.29, 0.717) is 26.2 Å². The number of aromatic nitrogens is 2. The fourth-order valence-electron chi connectivity index (χ4n) is 2.86. The Morgan fingerprint density at radius 2 is 1.88 bits per heavy atom. The molecular formula is C14H17N5O4S2. The van der Waals surface area contributed by atoms with Crippen LogP contribution in [0.1, 0.15) is 5.56 Å². The van der Waals surface area contributed by atoms with E-state index >= 15 is 0 Å².